The van der Waals surface area contributed by atoms with Gasteiger partial charge < -0.3 is 15.4 Å². The quantitative estimate of drug-likeness (QED) is 0.591. The van der Waals surface area contributed by atoms with Gasteiger partial charge in [-0.15, -0.1) is 0 Å². The fourth-order valence-corrected chi connectivity index (χ4v) is 2.37. The van der Waals surface area contributed by atoms with Crippen molar-refractivity contribution in [2.24, 2.45) is 0 Å². The van der Waals surface area contributed by atoms with Crippen molar-refractivity contribution in [1.29, 1.82) is 0 Å². The van der Waals surface area contributed by atoms with Gasteiger partial charge >= 0.3 is 0 Å². The summed E-state index contributed by atoms with van der Waals surface area (Å²) in [6.07, 6.45) is 0. The van der Waals surface area contributed by atoms with Crippen LogP contribution in [0.15, 0.2) is 34.2 Å². The van der Waals surface area contributed by atoms with E-state index in [-0.39, 0.29) is 22.7 Å². The lowest BCUT2D eigenvalue weighted by Crippen LogP contribution is -2.16. The van der Waals surface area contributed by atoms with Crippen LogP contribution in [0.1, 0.15) is 11.1 Å². The minimum atomic E-state index is -0.458. The van der Waals surface area contributed by atoms with Crippen molar-refractivity contribution in [3.05, 3.63) is 45.7 Å². The molecule has 1 heterocycles. The Morgan fingerprint density at radius 1 is 1.43 bits per heavy atom. The van der Waals surface area contributed by atoms with Gasteiger partial charge in [0, 0.05) is 5.69 Å². The number of aromatic nitrogens is 2. The van der Waals surface area contributed by atoms with Crippen molar-refractivity contribution in [2.75, 3.05) is 11.1 Å². The van der Waals surface area contributed by atoms with E-state index in [1.807, 2.05) is 32.0 Å². The van der Waals surface area contributed by atoms with Gasteiger partial charge in [-0.05, 0) is 31.0 Å². The molecule has 0 aliphatic heterocycles. The molecular weight excluding hydrogens is 290 g/mol. The number of benzene rings is 1. The number of carbonyl (C=O) groups is 1. The molecule has 0 atom stereocenters. The number of thioether (sulfide) groups is 1. The molecule has 0 saturated heterocycles. The van der Waals surface area contributed by atoms with Crippen LogP contribution in [-0.4, -0.2) is 26.7 Å². The molecule has 7 heteroatoms. The van der Waals surface area contributed by atoms with Crippen molar-refractivity contribution in [2.45, 2.75) is 19.0 Å². The van der Waals surface area contributed by atoms with Gasteiger partial charge in [-0.2, -0.15) is 4.98 Å². The first kappa shape index (κ1) is 15.1. The molecule has 0 fully saturated rings. The average Bonchev–Trinajstić information content (AvgIpc) is 2.41. The highest BCUT2D eigenvalue weighted by molar-refractivity contribution is 7.99. The largest absolute Gasteiger partial charge is 0.493 e. The number of hydrogen-bond acceptors (Lipinski definition) is 5. The monoisotopic (exact) mass is 305 g/mol. The van der Waals surface area contributed by atoms with E-state index >= 15 is 0 Å². The summed E-state index contributed by atoms with van der Waals surface area (Å²) in [6.45, 7) is 3.91. The molecule has 1 amide bonds. The highest BCUT2D eigenvalue weighted by Crippen LogP contribution is 2.19. The molecule has 0 spiro atoms. The second-order valence-corrected chi connectivity index (χ2v) is 5.46. The summed E-state index contributed by atoms with van der Waals surface area (Å²) in [4.78, 5) is 29.2. The van der Waals surface area contributed by atoms with Gasteiger partial charge in [0.05, 0.1) is 11.8 Å². The number of aromatic amines is 1. The second-order valence-electron chi connectivity index (χ2n) is 4.49. The fraction of sp³-hybridized carbons (Fsp3) is 0.214. The summed E-state index contributed by atoms with van der Waals surface area (Å²) in [7, 11) is 0. The number of nitrogens with zero attached hydrogens (tertiary/aromatic N) is 1. The van der Waals surface area contributed by atoms with Gasteiger partial charge in [0.1, 0.15) is 0 Å². The first-order valence-electron chi connectivity index (χ1n) is 6.25. The Morgan fingerprint density at radius 3 is 2.90 bits per heavy atom. The predicted octanol–water partition coefficient (Wildman–Crippen LogP) is 1.82. The number of amides is 1. The number of anilines is 1. The number of H-pyrrole nitrogens is 1. The summed E-state index contributed by atoms with van der Waals surface area (Å²) >= 11 is 1.05. The average molecular weight is 305 g/mol. The van der Waals surface area contributed by atoms with E-state index in [9.17, 15) is 14.7 Å². The van der Waals surface area contributed by atoms with Crippen molar-refractivity contribution in [3.8, 4) is 5.88 Å². The Bertz CT molecular complexity index is 728. The highest BCUT2D eigenvalue weighted by atomic mass is 32.2. The van der Waals surface area contributed by atoms with E-state index < -0.39 is 5.56 Å². The van der Waals surface area contributed by atoms with Crippen molar-refractivity contribution >= 4 is 23.4 Å². The molecule has 1 aromatic heterocycles. The van der Waals surface area contributed by atoms with Crippen LogP contribution in [0.3, 0.4) is 0 Å². The van der Waals surface area contributed by atoms with E-state index in [1.165, 1.54) is 0 Å². The molecule has 1 aromatic carbocycles. The van der Waals surface area contributed by atoms with Gasteiger partial charge in [-0.25, -0.2) is 0 Å². The molecule has 0 aliphatic carbocycles. The SMILES string of the molecule is Cc1cccc(NC(=O)CSc2nc(O)cc(=O)[nH]2)c1C. The molecular formula is C14H15N3O3S. The third-order valence-electron chi connectivity index (χ3n) is 2.93. The van der Waals surface area contributed by atoms with Crippen LogP contribution < -0.4 is 10.9 Å². The minimum Gasteiger partial charge on any atom is -0.493 e. The maximum absolute atomic E-state index is 11.9. The highest BCUT2D eigenvalue weighted by Gasteiger charge is 2.08. The first-order chi connectivity index (χ1) is 9.95. The number of carbonyl (C=O) groups excluding carboxylic acids is 1. The molecule has 110 valence electrons. The van der Waals surface area contributed by atoms with Crippen molar-refractivity contribution in [1.82, 2.24) is 9.97 Å². The van der Waals surface area contributed by atoms with Gasteiger partial charge in [0.15, 0.2) is 5.16 Å². The molecule has 0 bridgehead atoms. The van der Waals surface area contributed by atoms with Crippen LogP contribution in [0, 0.1) is 13.8 Å². The zero-order valence-electron chi connectivity index (χ0n) is 11.6. The second kappa shape index (κ2) is 6.45. The van der Waals surface area contributed by atoms with Gasteiger partial charge in [-0.1, -0.05) is 23.9 Å². The summed E-state index contributed by atoms with van der Waals surface area (Å²) in [5.74, 6) is -0.490. The number of aryl methyl sites for hydroxylation is 1. The van der Waals surface area contributed by atoms with E-state index in [0.717, 1.165) is 34.6 Å². The molecule has 2 aromatic rings. The van der Waals surface area contributed by atoms with E-state index in [2.05, 4.69) is 15.3 Å². The van der Waals surface area contributed by atoms with Gasteiger partial charge in [0.2, 0.25) is 11.8 Å². The predicted molar refractivity (Wildman–Crippen MR) is 81.8 cm³/mol. The van der Waals surface area contributed by atoms with Crippen molar-refractivity contribution in [3.63, 3.8) is 0 Å². The normalized spacial score (nSPS) is 10.4. The topological polar surface area (TPSA) is 95.1 Å². The van der Waals surface area contributed by atoms with Crippen LogP contribution in [0.25, 0.3) is 0 Å². The Hall–Kier alpha value is -2.28. The van der Waals surface area contributed by atoms with Crippen LogP contribution in [0.5, 0.6) is 5.88 Å². The summed E-state index contributed by atoms with van der Waals surface area (Å²) in [5, 5.41) is 12.2. The zero-order chi connectivity index (χ0) is 15.4. The van der Waals surface area contributed by atoms with E-state index in [4.69, 9.17) is 0 Å². The summed E-state index contributed by atoms with van der Waals surface area (Å²) in [5.41, 5.74) is 2.41. The Morgan fingerprint density at radius 2 is 2.19 bits per heavy atom. The molecule has 2 rings (SSSR count). The summed E-state index contributed by atoms with van der Waals surface area (Å²) in [6, 6.07) is 6.65. The molecule has 0 radical (unpaired) electrons. The maximum Gasteiger partial charge on any atom is 0.255 e. The third kappa shape index (κ3) is 4.09. The van der Waals surface area contributed by atoms with E-state index in [1.54, 1.807) is 0 Å². The van der Waals surface area contributed by atoms with Crippen LogP contribution >= 0.6 is 11.8 Å². The van der Waals surface area contributed by atoms with E-state index in [0.29, 0.717) is 0 Å². The molecule has 0 aliphatic rings. The first-order valence-corrected chi connectivity index (χ1v) is 7.23. The smallest absolute Gasteiger partial charge is 0.255 e. The molecule has 21 heavy (non-hydrogen) atoms. The maximum atomic E-state index is 11.9. The Labute approximate surface area is 125 Å². The van der Waals surface area contributed by atoms with Crippen LogP contribution in [0.2, 0.25) is 0 Å². The number of rotatable bonds is 4. The number of nitrogens with one attached hydrogen (secondary N) is 2. The van der Waals surface area contributed by atoms with Crippen molar-refractivity contribution < 1.29 is 9.90 Å². The van der Waals surface area contributed by atoms with Crippen LogP contribution in [0.4, 0.5) is 5.69 Å². The standard InChI is InChI=1S/C14H15N3O3S/c1-8-4-3-5-10(9(8)2)15-13(20)7-21-14-16-11(18)6-12(19)17-14/h3-6H,7H2,1-2H3,(H,15,20)(H2,16,17,18,19). The molecule has 6 nitrogen and oxygen atoms in total. The van der Waals surface area contributed by atoms with Crippen LogP contribution in [-0.2, 0) is 4.79 Å². The summed E-state index contributed by atoms with van der Waals surface area (Å²) < 4.78 is 0. The van der Waals surface area contributed by atoms with Gasteiger partial charge in [-0.3, -0.25) is 9.59 Å². The Kier molecular flexibility index (Phi) is 4.64. The number of aromatic hydroxyl groups is 1. The minimum absolute atomic E-state index is 0.0831. The third-order valence-corrected chi connectivity index (χ3v) is 3.80. The zero-order valence-corrected chi connectivity index (χ0v) is 12.5. The lowest BCUT2D eigenvalue weighted by Gasteiger charge is -2.10. The number of hydrogen-bond donors (Lipinski definition) is 3. The lowest BCUT2D eigenvalue weighted by atomic mass is 10.1. The lowest BCUT2D eigenvalue weighted by molar-refractivity contribution is -0.113. The molecule has 3 N–H and O–H groups in total. The molecule has 0 saturated carbocycles. The Balaban J connectivity index is 1.99. The van der Waals surface area contributed by atoms with Gasteiger partial charge in [0.25, 0.3) is 5.56 Å². The fourth-order valence-electron chi connectivity index (χ4n) is 1.70. The molecule has 0 unspecified atom stereocenters.